The molecule has 0 aliphatic carbocycles. The van der Waals surface area contributed by atoms with Crippen LogP contribution in [0.25, 0.3) is 11.4 Å². The molecule has 0 saturated carbocycles. The Kier molecular flexibility index (Phi) is 9.32. The van der Waals surface area contributed by atoms with Gasteiger partial charge in [-0.2, -0.15) is 0 Å². The Hall–Kier alpha value is -4.74. The molecule has 1 atom stereocenters. The Morgan fingerprint density at radius 1 is 0.725 bits per heavy atom. The number of piperazine rings is 1. The van der Waals surface area contributed by atoms with E-state index in [-0.39, 0.29) is 12.6 Å². The van der Waals surface area contributed by atoms with Crippen molar-refractivity contribution in [3.05, 3.63) is 67.3 Å². The Balaban J connectivity index is 1.21. The van der Waals surface area contributed by atoms with E-state index in [1.165, 1.54) is 19.0 Å². The number of halogens is 1. The maximum Gasteiger partial charge on any atom is 0.228 e. The molecule has 1 saturated heterocycles. The molecule has 5 rings (SSSR count). The Labute approximate surface area is 229 Å². The van der Waals surface area contributed by atoms with Gasteiger partial charge in [0.05, 0.1) is 49.2 Å². The summed E-state index contributed by atoms with van der Waals surface area (Å²) in [5, 5.41) is 0. The van der Waals surface area contributed by atoms with E-state index in [0.29, 0.717) is 68.3 Å². The van der Waals surface area contributed by atoms with E-state index in [2.05, 4.69) is 66.5 Å². The van der Waals surface area contributed by atoms with Crippen molar-refractivity contribution in [1.82, 2.24) is 44.9 Å². The van der Waals surface area contributed by atoms with Gasteiger partial charge >= 0.3 is 0 Å². The molecule has 14 heteroatoms. The van der Waals surface area contributed by atoms with E-state index in [4.69, 9.17) is 9.47 Å². The molecule has 13 nitrogen and oxygen atoms in total. The lowest BCUT2D eigenvalue weighted by Gasteiger charge is -2.41. The maximum atomic E-state index is 12.2. The van der Waals surface area contributed by atoms with Crippen LogP contribution in [-0.2, 0) is 9.47 Å². The lowest BCUT2D eigenvalue weighted by molar-refractivity contribution is 0.0371. The van der Waals surface area contributed by atoms with Crippen LogP contribution >= 0.6 is 0 Å². The van der Waals surface area contributed by atoms with Gasteiger partial charge in [-0.25, -0.2) is 49.2 Å². The third-order valence-electron chi connectivity index (χ3n) is 5.87. The van der Waals surface area contributed by atoms with Gasteiger partial charge in [-0.3, -0.25) is 0 Å². The smallest absolute Gasteiger partial charge is 0.228 e. The molecule has 1 fully saturated rings. The van der Waals surface area contributed by atoms with E-state index >= 15 is 0 Å². The van der Waals surface area contributed by atoms with Crippen molar-refractivity contribution in [2.75, 3.05) is 62.5 Å². The van der Waals surface area contributed by atoms with Crippen molar-refractivity contribution in [1.29, 1.82) is 0 Å². The summed E-state index contributed by atoms with van der Waals surface area (Å²) < 4.78 is 23.2. The van der Waals surface area contributed by atoms with Crippen molar-refractivity contribution in [3.8, 4) is 23.2 Å². The van der Waals surface area contributed by atoms with Gasteiger partial charge in [-0.15, -0.1) is 0 Å². The SMILES string of the molecule is FCCOCCOC[C@H]1CN(c2ncc(C#Cc3cnc(-c4cncnc4)nc3)cn2)CCN1c1ncncn1. The minimum Gasteiger partial charge on any atom is -0.377 e. The van der Waals surface area contributed by atoms with Crippen LogP contribution < -0.4 is 9.80 Å². The summed E-state index contributed by atoms with van der Waals surface area (Å²) in [7, 11) is 0. The summed E-state index contributed by atoms with van der Waals surface area (Å²) in [6.45, 7) is 2.56. The third-order valence-corrected chi connectivity index (χ3v) is 5.87. The van der Waals surface area contributed by atoms with Gasteiger partial charge < -0.3 is 19.3 Å². The predicted molar refractivity (Wildman–Crippen MR) is 142 cm³/mol. The highest BCUT2D eigenvalue weighted by molar-refractivity contribution is 5.52. The first kappa shape index (κ1) is 26.9. The topological polar surface area (TPSA) is 141 Å². The average molecular weight is 544 g/mol. The van der Waals surface area contributed by atoms with Crippen LogP contribution in [0.1, 0.15) is 11.1 Å². The lowest BCUT2D eigenvalue weighted by atomic mass is 10.2. The first-order valence-electron chi connectivity index (χ1n) is 12.6. The van der Waals surface area contributed by atoms with Crippen LogP contribution in [0.2, 0.25) is 0 Å². The molecule has 0 N–H and O–H groups in total. The number of rotatable bonds is 10. The normalized spacial score (nSPS) is 15.0. The van der Waals surface area contributed by atoms with Crippen molar-refractivity contribution < 1.29 is 13.9 Å². The minimum atomic E-state index is -0.512. The molecule has 4 aromatic rings. The molecular formula is C26H26FN11O2. The van der Waals surface area contributed by atoms with Gasteiger partial charge in [-0.1, -0.05) is 11.8 Å². The van der Waals surface area contributed by atoms with E-state index in [9.17, 15) is 4.39 Å². The number of nitrogens with zero attached hydrogens (tertiary/aromatic N) is 11. The summed E-state index contributed by atoms with van der Waals surface area (Å²) >= 11 is 0. The van der Waals surface area contributed by atoms with Crippen molar-refractivity contribution >= 4 is 11.9 Å². The quantitative estimate of drug-likeness (QED) is 0.208. The van der Waals surface area contributed by atoms with Crippen LogP contribution in [0.5, 0.6) is 0 Å². The van der Waals surface area contributed by atoms with Crippen LogP contribution in [0.4, 0.5) is 16.3 Å². The predicted octanol–water partition coefficient (Wildman–Crippen LogP) is 1.01. The highest BCUT2D eigenvalue weighted by Crippen LogP contribution is 2.19. The van der Waals surface area contributed by atoms with Gasteiger partial charge in [0.1, 0.15) is 25.7 Å². The summed E-state index contributed by atoms with van der Waals surface area (Å²) in [5.74, 6) is 7.79. The van der Waals surface area contributed by atoms with E-state index in [1.54, 1.807) is 37.2 Å². The zero-order valence-corrected chi connectivity index (χ0v) is 21.5. The molecule has 0 bridgehead atoms. The number of aromatic nitrogens is 9. The largest absolute Gasteiger partial charge is 0.377 e. The van der Waals surface area contributed by atoms with E-state index in [0.717, 1.165) is 5.56 Å². The van der Waals surface area contributed by atoms with Gasteiger partial charge in [-0.05, 0) is 0 Å². The monoisotopic (exact) mass is 543 g/mol. The zero-order chi connectivity index (χ0) is 27.4. The molecule has 0 amide bonds. The fourth-order valence-electron chi connectivity index (χ4n) is 3.97. The molecule has 5 heterocycles. The van der Waals surface area contributed by atoms with Gasteiger partial charge in [0.25, 0.3) is 0 Å². The molecule has 0 unspecified atom stereocenters. The van der Waals surface area contributed by atoms with Crippen LogP contribution in [-0.4, -0.2) is 104 Å². The minimum absolute atomic E-state index is 0.0641. The fourth-order valence-corrected chi connectivity index (χ4v) is 3.97. The number of hydrogen-bond acceptors (Lipinski definition) is 13. The Morgan fingerprint density at radius 2 is 1.40 bits per heavy atom. The highest BCUT2D eigenvalue weighted by Gasteiger charge is 2.30. The number of hydrogen-bond donors (Lipinski definition) is 0. The molecule has 0 spiro atoms. The number of ether oxygens (including phenoxy) is 2. The van der Waals surface area contributed by atoms with Gasteiger partial charge in [0, 0.05) is 56.8 Å². The summed E-state index contributed by atoms with van der Waals surface area (Å²) in [5.41, 5.74) is 2.06. The second kappa shape index (κ2) is 13.9. The molecule has 40 heavy (non-hydrogen) atoms. The summed E-state index contributed by atoms with van der Waals surface area (Å²) in [6, 6.07) is -0.0641. The average Bonchev–Trinajstić information content (AvgIpc) is 3.03. The molecule has 204 valence electrons. The number of anilines is 2. The van der Waals surface area contributed by atoms with Gasteiger partial charge in [0.2, 0.25) is 11.9 Å². The molecule has 1 aliphatic heterocycles. The Bertz CT molecular complexity index is 1390. The standard InChI is InChI=1S/C26H26FN11O2/c27-3-6-39-7-8-40-16-23-15-37(4-5-38(23)26-35-18-30-19-36-26)25-33-11-21(12-34-25)2-1-20-9-31-24(32-10-20)22-13-28-17-29-14-22/h9-14,17-19,23H,3-8,15-16H2/t23-/m1/s1. The van der Waals surface area contributed by atoms with Gasteiger partial charge in [0.15, 0.2) is 5.82 Å². The fraction of sp³-hybridized carbons (Fsp3) is 0.346. The zero-order valence-electron chi connectivity index (χ0n) is 21.5. The number of alkyl halides is 1. The van der Waals surface area contributed by atoms with Crippen molar-refractivity contribution in [3.63, 3.8) is 0 Å². The Morgan fingerprint density at radius 3 is 2.10 bits per heavy atom. The molecule has 0 aromatic carbocycles. The third kappa shape index (κ3) is 7.22. The molecule has 1 aliphatic rings. The van der Waals surface area contributed by atoms with Crippen LogP contribution in [0.15, 0.2) is 56.2 Å². The van der Waals surface area contributed by atoms with Crippen LogP contribution in [0, 0.1) is 11.8 Å². The molecule has 0 radical (unpaired) electrons. The maximum absolute atomic E-state index is 12.2. The van der Waals surface area contributed by atoms with E-state index < -0.39 is 6.67 Å². The summed E-state index contributed by atoms with van der Waals surface area (Å²) in [6.07, 6.45) is 14.4. The molecule has 4 aromatic heterocycles. The van der Waals surface area contributed by atoms with Crippen molar-refractivity contribution in [2.45, 2.75) is 6.04 Å². The first-order chi connectivity index (χ1) is 19.8. The second-order valence-electron chi connectivity index (χ2n) is 8.55. The highest BCUT2D eigenvalue weighted by atomic mass is 19.1. The first-order valence-corrected chi connectivity index (χ1v) is 12.6. The van der Waals surface area contributed by atoms with Crippen molar-refractivity contribution in [2.24, 2.45) is 0 Å². The second-order valence-corrected chi connectivity index (χ2v) is 8.55. The lowest BCUT2D eigenvalue weighted by Crippen LogP contribution is -2.56. The molecular weight excluding hydrogens is 517 g/mol. The van der Waals surface area contributed by atoms with Crippen LogP contribution in [0.3, 0.4) is 0 Å². The van der Waals surface area contributed by atoms with E-state index in [1.807, 2.05) is 0 Å². The summed E-state index contributed by atoms with van der Waals surface area (Å²) in [4.78, 5) is 42.4.